The largest absolute Gasteiger partial charge is 0.396 e. The second kappa shape index (κ2) is 7.56. The van der Waals surface area contributed by atoms with Crippen molar-refractivity contribution in [2.75, 3.05) is 6.61 Å². The first kappa shape index (κ1) is 17.7. The van der Waals surface area contributed by atoms with Crippen LogP contribution in [0.15, 0.2) is 64.4 Å². The van der Waals surface area contributed by atoms with Crippen molar-refractivity contribution in [2.45, 2.75) is 22.3 Å². The summed E-state index contributed by atoms with van der Waals surface area (Å²) in [5.74, 6) is 0. The molecule has 0 amide bonds. The molecule has 0 spiro atoms. The van der Waals surface area contributed by atoms with E-state index in [-0.39, 0.29) is 34.8 Å². The SMILES string of the molecule is Cl.NC(CCO)c1ccc(S(=O)(=O)c2ccccc2)cc1. The van der Waals surface area contributed by atoms with E-state index in [9.17, 15) is 8.42 Å². The lowest BCUT2D eigenvalue weighted by atomic mass is 10.1. The third kappa shape index (κ3) is 4.04. The Morgan fingerprint density at radius 1 is 0.952 bits per heavy atom. The van der Waals surface area contributed by atoms with Gasteiger partial charge in [-0.05, 0) is 36.2 Å². The van der Waals surface area contributed by atoms with Crippen LogP contribution in [0.2, 0.25) is 0 Å². The van der Waals surface area contributed by atoms with Crippen LogP contribution in [-0.2, 0) is 9.84 Å². The Bertz CT molecular complexity index is 657. The Balaban J connectivity index is 0.00000220. The van der Waals surface area contributed by atoms with Gasteiger partial charge in [0.25, 0.3) is 0 Å². The van der Waals surface area contributed by atoms with Gasteiger partial charge in [0.15, 0.2) is 0 Å². The van der Waals surface area contributed by atoms with Gasteiger partial charge in [-0.3, -0.25) is 0 Å². The molecule has 1 atom stereocenters. The summed E-state index contributed by atoms with van der Waals surface area (Å²) in [5.41, 5.74) is 6.68. The third-order valence-corrected chi connectivity index (χ3v) is 4.90. The van der Waals surface area contributed by atoms with Crippen molar-refractivity contribution >= 4 is 22.2 Å². The maximum absolute atomic E-state index is 12.4. The Hall–Kier alpha value is -1.40. The standard InChI is InChI=1S/C15H17NO3S.ClH/c16-15(10-11-17)12-6-8-14(9-7-12)20(18,19)13-4-2-1-3-5-13;/h1-9,15,17H,10-11,16H2;1H. The Kier molecular flexibility index (Phi) is 6.36. The summed E-state index contributed by atoms with van der Waals surface area (Å²) in [7, 11) is -3.48. The minimum Gasteiger partial charge on any atom is -0.396 e. The van der Waals surface area contributed by atoms with E-state index in [0.29, 0.717) is 6.42 Å². The van der Waals surface area contributed by atoms with E-state index in [0.717, 1.165) is 5.56 Å². The predicted octanol–water partition coefficient (Wildman–Crippen LogP) is 2.32. The first-order valence-electron chi connectivity index (χ1n) is 6.32. The minimum atomic E-state index is -3.48. The summed E-state index contributed by atoms with van der Waals surface area (Å²) in [6, 6.07) is 14.5. The Morgan fingerprint density at radius 2 is 1.48 bits per heavy atom. The summed E-state index contributed by atoms with van der Waals surface area (Å²) in [4.78, 5) is 0.510. The fourth-order valence-electron chi connectivity index (χ4n) is 1.94. The Morgan fingerprint density at radius 3 is 2.00 bits per heavy atom. The lowest BCUT2D eigenvalue weighted by molar-refractivity contribution is 0.276. The topological polar surface area (TPSA) is 80.4 Å². The highest BCUT2D eigenvalue weighted by Crippen LogP contribution is 2.22. The van der Waals surface area contributed by atoms with E-state index in [2.05, 4.69) is 0 Å². The number of benzene rings is 2. The first-order chi connectivity index (χ1) is 9.55. The van der Waals surface area contributed by atoms with Gasteiger partial charge in [-0.1, -0.05) is 30.3 Å². The molecule has 0 saturated carbocycles. The molecule has 4 nitrogen and oxygen atoms in total. The maximum Gasteiger partial charge on any atom is 0.206 e. The third-order valence-electron chi connectivity index (χ3n) is 3.11. The molecule has 0 fully saturated rings. The molecular weight excluding hydrogens is 310 g/mol. The van der Waals surface area contributed by atoms with Crippen molar-refractivity contribution in [1.82, 2.24) is 0 Å². The fourth-order valence-corrected chi connectivity index (χ4v) is 3.22. The van der Waals surface area contributed by atoms with Gasteiger partial charge in [0, 0.05) is 12.6 Å². The van der Waals surface area contributed by atoms with Crippen molar-refractivity contribution in [3.05, 3.63) is 60.2 Å². The van der Waals surface area contributed by atoms with Gasteiger partial charge in [0.2, 0.25) is 9.84 Å². The van der Waals surface area contributed by atoms with Gasteiger partial charge >= 0.3 is 0 Å². The highest BCUT2D eigenvalue weighted by molar-refractivity contribution is 7.91. The van der Waals surface area contributed by atoms with E-state index in [1.54, 1.807) is 54.6 Å². The zero-order valence-corrected chi connectivity index (χ0v) is 13.0. The van der Waals surface area contributed by atoms with Gasteiger partial charge in [-0.15, -0.1) is 12.4 Å². The molecule has 114 valence electrons. The molecule has 21 heavy (non-hydrogen) atoms. The molecule has 0 aromatic heterocycles. The predicted molar refractivity (Wildman–Crippen MR) is 84.2 cm³/mol. The highest BCUT2D eigenvalue weighted by Gasteiger charge is 2.17. The zero-order valence-electron chi connectivity index (χ0n) is 11.3. The molecule has 1 unspecified atom stereocenters. The number of aliphatic hydroxyl groups is 1. The van der Waals surface area contributed by atoms with Gasteiger partial charge in [0.05, 0.1) is 9.79 Å². The number of sulfone groups is 1. The van der Waals surface area contributed by atoms with Gasteiger partial charge in [0.1, 0.15) is 0 Å². The molecule has 0 aliphatic heterocycles. The van der Waals surface area contributed by atoms with E-state index >= 15 is 0 Å². The van der Waals surface area contributed by atoms with Crippen molar-refractivity contribution < 1.29 is 13.5 Å². The summed E-state index contributed by atoms with van der Waals surface area (Å²) in [5, 5.41) is 8.85. The zero-order chi connectivity index (χ0) is 14.6. The van der Waals surface area contributed by atoms with Crippen LogP contribution in [0.5, 0.6) is 0 Å². The van der Waals surface area contributed by atoms with Crippen molar-refractivity contribution in [1.29, 1.82) is 0 Å². The normalized spacial score (nSPS) is 12.5. The summed E-state index contributed by atoms with van der Waals surface area (Å²) < 4.78 is 24.7. The molecular formula is C15H18ClNO3S. The van der Waals surface area contributed by atoms with Crippen LogP contribution in [-0.4, -0.2) is 20.1 Å². The monoisotopic (exact) mass is 327 g/mol. The van der Waals surface area contributed by atoms with Crippen LogP contribution < -0.4 is 5.73 Å². The van der Waals surface area contributed by atoms with Crippen LogP contribution >= 0.6 is 12.4 Å². The van der Waals surface area contributed by atoms with Crippen LogP contribution in [0.3, 0.4) is 0 Å². The molecule has 2 rings (SSSR count). The van der Waals surface area contributed by atoms with Gasteiger partial charge < -0.3 is 10.8 Å². The molecule has 0 heterocycles. The number of halogens is 1. The highest BCUT2D eigenvalue weighted by atomic mass is 35.5. The molecule has 6 heteroatoms. The van der Waals surface area contributed by atoms with Crippen LogP contribution in [0.4, 0.5) is 0 Å². The van der Waals surface area contributed by atoms with Gasteiger partial charge in [-0.25, -0.2) is 8.42 Å². The molecule has 3 N–H and O–H groups in total. The number of hydrogen-bond donors (Lipinski definition) is 2. The van der Waals surface area contributed by atoms with E-state index in [1.807, 2.05) is 0 Å². The molecule has 0 saturated heterocycles. The first-order valence-corrected chi connectivity index (χ1v) is 7.80. The molecule has 0 aliphatic rings. The summed E-state index contributed by atoms with van der Waals surface area (Å²) >= 11 is 0. The molecule has 0 aliphatic carbocycles. The molecule has 0 bridgehead atoms. The summed E-state index contributed by atoms with van der Waals surface area (Å²) in [6.45, 7) is 0.00519. The summed E-state index contributed by atoms with van der Waals surface area (Å²) in [6.07, 6.45) is 0.449. The quantitative estimate of drug-likeness (QED) is 0.883. The van der Waals surface area contributed by atoms with Crippen LogP contribution in [0.1, 0.15) is 18.0 Å². The molecule has 0 radical (unpaired) electrons. The van der Waals surface area contributed by atoms with Crippen molar-refractivity contribution in [3.63, 3.8) is 0 Å². The van der Waals surface area contributed by atoms with E-state index in [4.69, 9.17) is 10.8 Å². The minimum absolute atomic E-state index is 0. The average molecular weight is 328 g/mol. The van der Waals surface area contributed by atoms with Crippen molar-refractivity contribution in [3.8, 4) is 0 Å². The fraction of sp³-hybridized carbons (Fsp3) is 0.200. The molecule has 2 aromatic rings. The maximum atomic E-state index is 12.4. The smallest absolute Gasteiger partial charge is 0.206 e. The lowest BCUT2D eigenvalue weighted by Gasteiger charge is -2.11. The Labute approximate surface area is 130 Å². The molecule has 2 aromatic carbocycles. The number of nitrogens with two attached hydrogens (primary N) is 1. The number of rotatable bonds is 5. The second-order valence-corrected chi connectivity index (χ2v) is 6.45. The van der Waals surface area contributed by atoms with E-state index in [1.165, 1.54) is 0 Å². The van der Waals surface area contributed by atoms with Crippen LogP contribution in [0, 0.1) is 0 Å². The second-order valence-electron chi connectivity index (χ2n) is 4.50. The average Bonchev–Trinajstić information content (AvgIpc) is 2.48. The number of aliphatic hydroxyl groups excluding tert-OH is 1. The van der Waals surface area contributed by atoms with E-state index < -0.39 is 9.84 Å². The van der Waals surface area contributed by atoms with Crippen molar-refractivity contribution in [2.24, 2.45) is 5.73 Å². The van der Waals surface area contributed by atoms with Crippen LogP contribution in [0.25, 0.3) is 0 Å². The lowest BCUT2D eigenvalue weighted by Crippen LogP contribution is -2.12. The number of hydrogen-bond acceptors (Lipinski definition) is 4. The van der Waals surface area contributed by atoms with Gasteiger partial charge in [-0.2, -0.15) is 0 Å².